The summed E-state index contributed by atoms with van der Waals surface area (Å²) in [6.45, 7) is -0.119. The lowest BCUT2D eigenvalue weighted by Gasteiger charge is -2.05. The Hall–Kier alpha value is -1.91. The van der Waals surface area contributed by atoms with Crippen molar-refractivity contribution in [1.29, 1.82) is 0 Å². The van der Waals surface area contributed by atoms with Crippen LogP contribution in [0.25, 0.3) is 0 Å². The van der Waals surface area contributed by atoms with Gasteiger partial charge in [-0.2, -0.15) is 0 Å². The molecule has 0 atom stereocenters. The van der Waals surface area contributed by atoms with Crippen molar-refractivity contribution in [2.75, 3.05) is 6.54 Å². The number of benzene rings is 1. The van der Waals surface area contributed by atoms with E-state index >= 15 is 0 Å². The number of carbonyl (C=O) groups is 2. The molecule has 1 aromatic carbocycles. The largest absolute Gasteiger partial charge is 0.345 e. The summed E-state index contributed by atoms with van der Waals surface area (Å²) in [5, 5.41) is 3.21. The van der Waals surface area contributed by atoms with E-state index < -0.39 is 0 Å². The van der Waals surface area contributed by atoms with Crippen LogP contribution in [0.2, 0.25) is 10.0 Å². The Morgan fingerprint density at radius 3 is 2.55 bits per heavy atom. The van der Waals surface area contributed by atoms with Crippen molar-refractivity contribution in [2.45, 2.75) is 0 Å². The fraction of sp³-hybridized carbons (Fsp3) is 0.0714. The van der Waals surface area contributed by atoms with Gasteiger partial charge in [0.05, 0.1) is 22.2 Å². The molecular weight excluding hydrogens is 299 g/mol. The fourth-order valence-electron chi connectivity index (χ4n) is 1.53. The number of nitrogens with zero attached hydrogens (tertiary/aromatic N) is 1. The minimum absolute atomic E-state index is 0.119. The van der Waals surface area contributed by atoms with Crippen LogP contribution in [0.3, 0.4) is 0 Å². The number of hydrogen-bond acceptors (Lipinski definition) is 3. The molecule has 0 bridgehead atoms. The topological polar surface area (TPSA) is 59.1 Å². The summed E-state index contributed by atoms with van der Waals surface area (Å²) in [5.41, 5.74) is 0.792. The monoisotopic (exact) mass is 308 g/mol. The van der Waals surface area contributed by atoms with Gasteiger partial charge in [0, 0.05) is 18.0 Å². The maximum Gasteiger partial charge on any atom is 0.253 e. The third-order valence-electron chi connectivity index (χ3n) is 2.57. The van der Waals surface area contributed by atoms with Crippen molar-refractivity contribution in [3.05, 3.63) is 63.9 Å². The van der Waals surface area contributed by atoms with Gasteiger partial charge >= 0.3 is 0 Å². The third-order valence-corrected chi connectivity index (χ3v) is 3.31. The number of ketones is 1. The second-order valence-corrected chi connectivity index (χ2v) is 4.79. The SMILES string of the molecule is O=C(CNC(=O)c1cccnc1)c1ccc(Cl)c(Cl)c1. The van der Waals surface area contributed by atoms with Crippen LogP contribution in [0.15, 0.2) is 42.7 Å². The molecule has 4 nitrogen and oxygen atoms in total. The molecule has 1 N–H and O–H groups in total. The van der Waals surface area contributed by atoms with E-state index in [0.29, 0.717) is 21.2 Å². The van der Waals surface area contributed by atoms with Crippen molar-refractivity contribution in [1.82, 2.24) is 10.3 Å². The number of amides is 1. The second kappa shape index (κ2) is 6.50. The van der Waals surface area contributed by atoms with Gasteiger partial charge in [0.1, 0.15) is 0 Å². The summed E-state index contributed by atoms with van der Waals surface area (Å²) >= 11 is 11.6. The highest BCUT2D eigenvalue weighted by atomic mass is 35.5. The van der Waals surface area contributed by atoms with Gasteiger partial charge in [-0.25, -0.2) is 0 Å². The molecule has 6 heteroatoms. The van der Waals surface area contributed by atoms with Crippen LogP contribution in [0.1, 0.15) is 20.7 Å². The molecule has 0 aliphatic carbocycles. The molecule has 1 heterocycles. The van der Waals surface area contributed by atoms with Gasteiger partial charge in [0.25, 0.3) is 5.91 Å². The van der Waals surface area contributed by atoms with Crippen LogP contribution in [0.4, 0.5) is 0 Å². The first-order valence-electron chi connectivity index (χ1n) is 5.74. The average molecular weight is 309 g/mol. The van der Waals surface area contributed by atoms with Crippen LogP contribution in [0.5, 0.6) is 0 Å². The lowest BCUT2D eigenvalue weighted by Crippen LogP contribution is -2.29. The van der Waals surface area contributed by atoms with Gasteiger partial charge in [-0.3, -0.25) is 14.6 Å². The van der Waals surface area contributed by atoms with Crippen molar-refractivity contribution in [3.63, 3.8) is 0 Å². The Bertz CT molecular complexity index is 645. The normalized spacial score (nSPS) is 10.1. The van der Waals surface area contributed by atoms with Crippen LogP contribution < -0.4 is 5.32 Å². The Morgan fingerprint density at radius 1 is 1.10 bits per heavy atom. The number of halogens is 2. The molecular formula is C14H10Cl2N2O2. The molecule has 0 unspecified atom stereocenters. The van der Waals surface area contributed by atoms with Gasteiger partial charge in [-0.1, -0.05) is 23.2 Å². The predicted octanol–water partition coefficient (Wildman–Crippen LogP) is 3.00. The molecule has 0 aliphatic rings. The van der Waals surface area contributed by atoms with Gasteiger partial charge in [0.15, 0.2) is 5.78 Å². The van der Waals surface area contributed by atoms with E-state index in [1.54, 1.807) is 30.5 Å². The lowest BCUT2D eigenvalue weighted by atomic mass is 10.1. The molecule has 1 amide bonds. The van der Waals surface area contributed by atoms with Crippen molar-refractivity contribution in [3.8, 4) is 0 Å². The molecule has 0 spiro atoms. The lowest BCUT2D eigenvalue weighted by molar-refractivity contribution is 0.0904. The zero-order chi connectivity index (χ0) is 14.5. The number of hydrogen-bond donors (Lipinski definition) is 1. The summed E-state index contributed by atoms with van der Waals surface area (Å²) in [6, 6.07) is 7.84. The van der Waals surface area contributed by atoms with Gasteiger partial charge in [-0.15, -0.1) is 0 Å². The van der Waals surface area contributed by atoms with E-state index in [4.69, 9.17) is 23.2 Å². The smallest absolute Gasteiger partial charge is 0.253 e. The zero-order valence-corrected chi connectivity index (χ0v) is 11.8. The molecule has 2 rings (SSSR count). The number of Topliss-reactive ketones (excluding diaryl/α,β-unsaturated/α-hetero) is 1. The molecule has 0 saturated carbocycles. The number of nitrogens with one attached hydrogen (secondary N) is 1. The maximum absolute atomic E-state index is 11.9. The van der Waals surface area contributed by atoms with Crippen LogP contribution in [0, 0.1) is 0 Å². The summed E-state index contributed by atoms with van der Waals surface area (Å²) in [5.74, 6) is -0.604. The fourth-order valence-corrected chi connectivity index (χ4v) is 1.83. The van der Waals surface area contributed by atoms with Crippen LogP contribution >= 0.6 is 23.2 Å². The highest BCUT2D eigenvalue weighted by Gasteiger charge is 2.11. The van der Waals surface area contributed by atoms with E-state index in [1.807, 2.05) is 0 Å². The van der Waals surface area contributed by atoms with E-state index in [9.17, 15) is 9.59 Å². The van der Waals surface area contributed by atoms with Gasteiger partial charge in [0.2, 0.25) is 0 Å². The van der Waals surface area contributed by atoms with E-state index in [0.717, 1.165) is 0 Å². The van der Waals surface area contributed by atoms with E-state index in [1.165, 1.54) is 12.3 Å². The molecule has 0 saturated heterocycles. The molecule has 102 valence electrons. The Morgan fingerprint density at radius 2 is 1.90 bits per heavy atom. The van der Waals surface area contributed by atoms with Crippen molar-refractivity contribution >= 4 is 34.9 Å². The minimum atomic E-state index is -0.355. The first-order chi connectivity index (χ1) is 9.58. The highest BCUT2D eigenvalue weighted by Crippen LogP contribution is 2.22. The first-order valence-corrected chi connectivity index (χ1v) is 6.50. The predicted molar refractivity (Wildman–Crippen MR) is 77.4 cm³/mol. The molecule has 0 radical (unpaired) electrons. The quantitative estimate of drug-likeness (QED) is 0.883. The molecule has 0 fully saturated rings. The van der Waals surface area contributed by atoms with E-state index in [2.05, 4.69) is 10.3 Å². The molecule has 2 aromatic rings. The minimum Gasteiger partial charge on any atom is -0.345 e. The summed E-state index contributed by atoms with van der Waals surface area (Å²) in [4.78, 5) is 27.5. The van der Waals surface area contributed by atoms with Crippen molar-refractivity contribution < 1.29 is 9.59 Å². The Labute approximate surface area is 125 Å². The van der Waals surface area contributed by atoms with Crippen LogP contribution in [-0.2, 0) is 0 Å². The van der Waals surface area contributed by atoms with Crippen molar-refractivity contribution in [2.24, 2.45) is 0 Å². The first kappa shape index (κ1) is 14.5. The van der Waals surface area contributed by atoms with Gasteiger partial charge in [-0.05, 0) is 30.3 Å². The summed E-state index contributed by atoms with van der Waals surface area (Å²) < 4.78 is 0. The second-order valence-electron chi connectivity index (χ2n) is 3.98. The number of rotatable bonds is 4. The standard InChI is InChI=1S/C14H10Cl2N2O2/c15-11-4-3-9(6-12(11)16)13(19)8-18-14(20)10-2-1-5-17-7-10/h1-7H,8H2,(H,18,20). The Kier molecular flexibility index (Phi) is 4.71. The Balaban J connectivity index is 1.98. The maximum atomic E-state index is 11.9. The van der Waals surface area contributed by atoms with E-state index in [-0.39, 0.29) is 18.2 Å². The number of carbonyl (C=O) groups excluding carboxylic acids is 2. The number of pyridine rings is 1. The summed E-state index contributed by atoms with van der Waals surface area (Å²) in [6.07, 6.45) is 3.00. The summed E-state index contributed by atoms with van der Waals surface area (Å²) in [7, 11) is 0. The number of aromatic nitrogens is 1. The zero-order valence-electron chi connectivity index (χ0n) is 10.3. The molecule has 1 aromatic heterocycles. The molecule has 20 heavy (non-hydrogen) atoms. The molecule has 0 aliphatic heterocycles. The van der Waals surface area contributed by atoms with Crippen LogP contribution in [-0.4, -0.2) is 23.2 Å². The highest BCUT2D eigenvalue weighted by molar-refractivity contribution is 6.42. The average Bonchev–Trinajstić information content (AvgIpc) is 2.48. The van der Waals surface area contributed by atoms with Gasteiger partial charge < -0.3 is 5.32 Å². The third kappa shape index (κ3) is 3.56.